The van der Waals surface area contributed by atoms with Gasteiger partial charge in [-0.15, -0.1) is 0 Å². The molecule has 2 aromatic rings. The molecule has 0 aliphatic heterocycles. The molecule has 0 bridgehead atoms. The van der Waals surface area contributed by atoms with Crippen LogP contribution in [-0.4, -0.2) is 13.4 Å². The first-order chi connectivity index (χ1) is 8.90. The van der Waals surface area contributed by atoms with Gasteiger partial charge in [-0.25, -0.2) is 8.42 Å². The average Bonchev–Trinajstić information content (AvgIpc) is 2.31. The lowest BCUT2D eigenvalue weighted by molar-refractivity contribution is 0.600. The first-order valence-electron chi connectivity index (χ1n) is 5.60. The molecule has 0 aliphatic carbocycles. The Labute approximate surface area is 117 Å². The molecule has 1 heterocycles. The van der Waals surface area contributed by atoms with Gasteiger partial charge in [0.2, 0.25) is 0 Å². The summed E-state index contributed by atoms with van der Waals surface area (Å²) in [6, 6.07) is 6.69. The van der Waals surface area contributed by atoms with Crippen LogP contribution in [0.1, 0.15) is 11.1 Å². The molecule has 0 spiro atoms. The number of hydrogen-bond acceptors (Lipinski definition) is 3. The smallest absolute Gasteiger partial charge is 0.262 e. The molecule has 0 amide bonds. The third-order valence-electron chi connectivity index (χ3n) is 2.63. The Balaban J connectivity index is 2.41. The van der Waals surface area contributed by atoms with Gasteiger partial charge in [-0.2, -0.15) is 0 Å². The maximum absolute atomic E-state index is 12.3. The predicted octanol–water partition coefficient (Wildman–Crippen LogP) is 3.15. The Hall–Kier alpha value is -1.59. The Morgan fingerprint density at radius 1 is 1.21 bits per heavy atom. The Bertz CT molecular complexity index is 714. The number of pyridine rings is 1. The fourth-order valence-corrected chi connectivity index (χ4v) is 3.25. The minimum atomic E-state index is -3.66. The van der Waals surface area contributed by atoms with Gasteiger partial charge in [-0.05, 0) is 31.5 Å². The van der Waals surface area contributed by atoms with Crippen molar-refractivity contribution in [2.75, 3.05) is 4.72 Å². The molecular weight excluding hydrogens is 284 g/mol. The van der Waals surface area contributed by atoms with Crippen LogP contribution in [0.4, 0.5) is 5.69 Å². The van der Waals surface area contributed by atoms with Crippen LogP contribution in [-0.2, 0) is 10.0 Å². The average molecular weight is 297 g/mol. The first kappa shape index (κ1) is 13.8. The second-order valence-electron chi connectivity index (χ2n) is 4.23. The summed E-state index contributed by atoms with van der Waals surface area (Å²) in [6.45, 7) is 3.67. The molecule has 2 rings (SSSR count). The highest BCUT2D eigenvalue weighted by molar-refractivity contribution is 7.92. The van der Waals surface area contributed by atoms with Crippen molar-refractivity contribution < 1.29 is 8.42 Å². The third-order valence-corrected chi connectivity index (χ3v) is 4.49. The highest BCUT2D eigenvalue weighted by Gasteiger charge is 2.18. The number of rotatable bonds is 3. The lowest BCUT2D eigenvalue weighted by Crippen LogP contribution is -2.14. The van der Waals surface area contributed by atoms with Gasteiger partial charge < -0.3 is 0 Å². The zero-order chi connectivity index (χ0) is 14.0. The molecule has 4 nitrogen and oxygen atoms in total. The van der Waals surface area contributed by atoms with Crippen molar-refractivity contribution in [2.45, 2.75) is 18.7 Å². The van der Waals surface area contributed by atoms with Crippen LogP contribution in [0.5, 0.6) is 0 Å². The highest BCUT2D eigenvalue weighted by atomic mass is 35.5. The number of benzene rings is 1. The summed E-state index contributed by atoms with van der Waals surface area (Å²) in [5.74, 6) is 0. The summed E-state index contributed by atoms with van der Waals surface area (Å²) in [4.78, 5) is 4.08. The number of nitrogens with one attached hydrogen (secondary N) is 1. The number of aryl methyl sites for hydroxylation is 2. The molecule has 19 heavy (non-hydrogen) atoms. The molecule has 1 N–H and O–H groups in total. The van der Waals surface area contributed by atoms with Gasteiger partial charge in [-0.1, -0.05) is 29.3 Å². The Kier molecular flexibility index (Phi) is 3.78. The lowest BCUT2D eigenvalue weighted by Gasteiger charge is -2.11. The molecule has 0 fully saturated rings. The molecule has 0 unspecified atom stereocenters. The number of halogens is 1. The van der Waals surface area contributed by atoms with E-state index in [9.17, 15) is 8.42 Å². The normalized spacial score (nSPS) is 11.3. The van der Waals surface area contributed by atoms with Gasteiger partial charge in [0.05, 0.1) is 21.8 Å². The summed E-state index contributed by atoms with van der Waals surface area (Å²) >= 11 is 5.92. The molecule has 0 saturated heterocycles. The summed E-state index contributed by atoms with van der Waals surface area (Å²) in [7, 11) is -3.66. The fourth-order valence-electron chi connectivity index (χ4n) is 1.75. The van der Waals surface area contributed by atoms with Crippen molar-refractivity contribution >= 4 is 27.3 Å². The maximum atomic E-state index is 12.3. The number of sulfonamides is 1. The van der Waals surface area contributed by atoms with Crippen LogP contribution >= 0.6 is 11.6 Å². The zero-order valence-corrected chi connectivity index (χ0v) is 12.1. The summed E-state index contributed by atoms with van der Waals surface area (Å²) in [6.07, 6.45) is 2.88. The van der Waals surface area contributed by atoms with Crippen LogP contribution in [0.25, 0.3) is 0 Å². The van der Waals surface area contributed by atoms with Crippen molar-refractivity contribution in [3.8, 4) is 0 Å². The van der Waals surface area contributed by atoms with E-state index < -0.39 is 10.0 Å². The van der Waals surface area contributed by atoms with E-state index in [0.29, 0.717) is 10.6 Å². The van der Waals surface area contributed by atoms with Crippen molar-refractivity contribution in [3.63, 3.8) is 0 Å². The number of aromatic nitrogens is 1. The molecule has 0 radical (unpaired) electrons. The van der Waals surface area contributed by atoms with E-state index in [1.54, 1.807) is 19.1 Å². The minimum Gasteiger partial charge on any atom is -0.277 e. The Morgan fingerprint density at radius 2 is 1.95 bits per heavy atom. The molecule has 1 aromatic carbocycles. The molecule has 1 aromatic heterocycles. The third kappa shape index (κ3) is 3.05. The van der Waals surface area contributed by atoms with Crippen LogP contribution in [0.3, 0.4) is 0 Å². The second kappa shape index (κ2) is 5.19. The van der Waals surface area contributed by atoms with Gasteiger partial charge in [0, 0.05) is 6.20 Å². The highest BCUT2D eigenvalue weighted by Crippen LogP contribution is 2.24. The van der Waals surface area contributed by atoms with Crippen LogP contribution in [0.2, 0.25) is 5.02 Å². The van der Waals surface area contributed by atoms with Gasteiger partial charge in [0.1, 0.15) is 0 Å². The zero-order valence-electron chi connectivity index (χ0n) is 10.5. The van der Waals surface area contributed by atoms with Crippen molar-refractivity contribution in [2.24, 2.45) is 0 Å². The van der Waals surface area contributed by atoms with Gasteiger partial charge >= 0.3 is 0 Å². The van der Waals surface area contributed by atoms with E-state index in [1.807, 2.05) is 13.0 Å². The largest absolute Gasteiger partial charge is 0.277 e. The minimum absolute atomic E-state index is 0.234. The van der Waals surface area contributed by atoms with E-state index in [4.69, 9.17) is 11.6 Å². The van der Waals surface area contributed by atoms with E-state index in [0.717, 1.165) is 5.56 Å². The lowest BCUT2D eigenvalue weighted by atomic mass is 10.2. The number of anilines is 1. The molecule has 0 saturated carbocycles. The molecule has 6 heteroatoms. The van der Waals surface area contributed by atoms with Crippen molar-refractivity contribution in [3.05, 3.63) is 52.8 Å². The van der Waals surface area contributed by atoms with Gasteiger partial charge in [-0.3, -0.25) is 9.71 Å². The fraction of sp³-hybridized carbons (Fsp3) is 0.154. The van der Waals surface area contributed by atoms with Crippen molar-refractivity contribution in [1.29, 1.82) is 0 Å². The van der Waals surface area contributed by atoms with E-state index in [1.165, 1.54) is 18.5 Å². The maximum Gasteiger partial charge on any atom is 0.262 e. The summed E-state index contributed by atoms with van der Waals surface area (Å²) in [5.41, 5.74) is 1.97. The second-order valence-corrected chi connectivity index (χ2v) is 6.29. The SMILES string of the molecule is Cc1ccc(S(=O)(=O)Nc2cnccc2Cl)c(C)c1. The summed E-state index contributed by atoms with van der Waals surface area (Å²) < 4.78 is 27.0. The van der Waals surface area contributed by atoms with Gasteiger partial charge in [0.25, 0.3) is 10.0 Å². The van der Waals surface area contributed by atoms with Gasteiger partial charge in [0.15, 0.2) is 0 Å². The molecular formula is C13H13ClN2O2S. The van der Waals surface area contributed by atoms with E-state index in [2.05, 4.69) is 9.71 Å². The number of hydrogen-bond donors (Lipinski definition) is 1. The van der Waals surface area contributed by atoms with Crippen LogP contribution in [0.15, 0.2) is 41.6 Å². The van der Waals surface area contributed by atoms with E-state index >= 15 is 0 Å². The molecule has 0 atom stereocenters. The molecule has 0 aliphatic rings. The van der Waals surface area contributed by atoms with Crippen LogP contribution in [0, 0.1) is 13.8 Å². The first-order valence-corrected chi connectivity index (χ1v) is 7.46. The summed E-state index contributed by atoms with van der Waals surface area (Å²) in [5, 5.41) is 0.309. The standard InChI is InChI=1S/C13H13ClN2O2S/c1-9-3-4-13(10(2)7-9)19(17,18)16-12-8-15-6-5-11(12)14/h3-8,16H,1-2H3. The van der Waals surface area contributed by atoms with E-state index in [-0.39, 0.29) is 10.6 Å². The van der Waals surface area contributed by atoms with Crippen molar-refractivity contribution in [1.82, 2.24) is 4.98 Å². The topological polar surface area (TPSA) is 59.1 Å². The quantitative estimate of drug-likeness (QED) is 0.946. The number of nitrogens with zero attached hydrogens (tertiary/aromatic N) is 1. The molecule has 100 valence electrons. The monoisotopic (exact) mass is 296 g/mol. The van der Waals surface area contributed by atoms with Crippen LogP contribution < -0.4 is 4.72 Å². The Morgan fingerprint density at radius 3 is 2.58 bits per heavy atom. The predicted molar refractivity (Wildman–Crippen MR) is 76.0 cm³/mol.